The predicted molar refractivity (Wildman–Crippen MR) is 41.7 cm³/mol. The molecule has 0 fully saturated rings. The van der Waals surface area contributed by atoms with Crippen molar-refractivity contribution in [2.24, 2.45) is 5.73 Å². The molecule has 1 aliphatic rings. The van der Waals surface area contributed by atoms with Crippen LogP contribution in [-0.2, 0) is 4.79 Å². The Morgan fingerprint density at radius 3 is 2.82 bits per heavy atom. The number of hydrogen-bond acceptors (Lipinski definition) is 3. The highest BCUT2D eigenvalue weighted by Crippen LogP contribution is 2.15. The summed E-state index contributed by atoms with van der Waals surface area (Å²) in [5.41, 5.74) is 6.51. The van der Waals surface area contributed by atoms with Gasteiger partial charge in [-0.2, -0.15) is 0 Å². The first-order chi connectivity index (χ1) is 5.16. The molecule has 11 heavy (non-hydrogen) atoms. The molecule has 0 bridgehead atoms. The van der Waals surface area contributed by atoms with Crippen molar-refractivity contribution in [3.05, 3.63) is 23.4 Å². The molecule has 0 amide bonds. The molecule has 0 aromatic carbocycles. The van der Waals surface area contributed by atoms with E-state index in [1.165, 1.54) is 6.08 Å². The maximum atomic E-state index is 11.1. The summed E-state index contributed by atoms with van der Waals surface area (Å²) in [6.45, 7) is 1.84. The van der Waals surface area contributed by atoms with Gasteiger partial charge in [0.1, 0.15) is 6.10 Å². The number of rotatable bonds is 1. The molecule has 3 nitrogen and oxygen atoms in total. The highest BCUT2D eigenvalue weighted by Gasteiger charge is 2.20. The third-order valence-electron chi connectivity index (χ3n) is 1.73. The molecule has 0 spiro atoms. The summed E-state index contributed by atoms with van der Waals surface area (Å²) in [6, 6.07) is 0. The Labute approximate surface area is 65.2 Å². The molecule has 1 unspecified atom stereocenters. The smallest absolute Gasteiger partial charge is 0.193 e. The quantitative estimate of drug-likeness (QED) is 0.562. The fourth-order valence-electron chi connectivity index (χ4n) is 1.08. The first-order valence-corrected chi connectivity index (χ1v) is 3.56. The van der Waals surface area contributed by atoms with Gasteiger partial charge in [0.15, 0.2) is 5.78 Å². The van der Waals surface area contributed by atoms with Gasteiger partial charge in [0.05, 0.1) is 0 Å². The number of aliphatic hydroxyl groups excluding tert-OH is 1. The maximum Gasteiger partial charge on any atom is 0.193 e. The minimum atomic E-state index is -0.989. The molecule has 1 atom stereocenters. The Morgan fingerprint density at radius 2 is 2.36 bits per heavy atom. The molecule has 3 N–H and O–H groups in total. The van der Waals surface area contributed by atoms with Crippen molar-refractivity contribution in [3.63, 3.8) is 0 Å². The van der Waals surface area contributed by atoms with Crippen LogP contribution < -0.4 is 5.73 Å². The molecular weight excluding hydrogens is 142 g/mol. The molecule has 0 aromatic heterocycles. The maximum absolute atomic E-state index is 11.1. The van der Waals surface area contributed by atoms with E-state index in [-0.39, 0.29) is 5.78 Å². The Balaban J connectivity index is 2.99. The van der Waals surface area contributed by atoms with Crippen LogP contribution in [0.1, 0.15) is 13.3 Å². The van der Waals surface area contributed by atoms with E-state index < -0.39 is 6.10 Å². The Bertz CT molecular complexity index is 240. The number of aliphatic hydroxyl groups is 1. The van der Waals surface area contributed by atoms with Gasteiger partial charge in [-0.05, 0) is 18.6 Å². The summed E-state index contributed by atoms with van der Waals surface area (Å²) >= 11 is 0. The van der Waals surface area contributed by atoms with Crippen LogP contribution in [0.3, 0.4) is 0 Å². The molecule has 3 heteroatoms. The SMILES string of the molecule is CCC1=C(N)C=CC(O)C1=O. The van der Waals surface area contributed by atoms with Crippen LogP contribution in [0.15, 0.2) is 23.4 Å². The molecule has 0 aromatic rings. The van der Waals surface area contributed by atoms with Gasteiger partial charge in [-0.1, -0.05) is 6.92 Å². The molecule has 0 heterocycles. The van der Waals surface area contributed by atoms with Gasteiger partial charge in [0, 0.05) is 11.3 Å². The van der Waals surface area contributed by atoms with Gasteiger partial charge in [-0.3, -0.25) is 4.79 Å². The normalized spacial score (nSPS) is 24.5. The van der Waals surface area contributed by atoms with E-state index in [0.29, 0.717) is 17.7 Å². The van der Waals surface area contributed by atoms with Gasteiger partial charge < -0.3 is 10.8 Å². The molecule has 1 rings (SSSR count). The van der Waals surface area contributed by atoms with Gasteiger partial charge in [0.25, 0.3) is 0 Å². The Morgan fingerprint density at radius 1 is 1.73 bits per heavy atom. The zero-order valence-electron chi connectivity index (χ0n) is 6.37. The van der Waals surface area contributed by atoms with Crippen LogP contribution in [-0.4, -0.2) is 17.0 Å². The lowest BCUT2D eigenvalue weighted by atomic mass is 9.97. The second-order valence-electron chi connectivity index (χ2n) is 2.46. The van der Waals surface area contributed by atoms with Crippen LogP contribution in [0.5, 0.6) is 0 Å². The average Bonchev–Trinajstić information content (AvgIpc) is 1.99. The van der Waals surface area contributed by atoms with Gasteiger partial charge in [-0.25, -0.2) is 0 Å². The highest BCUT2D eigenvalue weighted by molar-refractivity contribution is 6.01. The first-order valence-electron chi connectivity index (χ1n) is 3.56. The predicted octanol–water partition coefficient (Wildman–Crippen LogP) is 0.109. The van der Waals surface area contributed by atoms with E-state index in [0.717, 1.165) is 0 Å². The lowest BCUT2D eigenvalue weighted by Gasteiger charge is -2.13. The molecule has 60 valence electrons. The van der Waals surface area contributed by atoms with Crippen molar-refractivity contribution in [1.29, 1.82) is 0 Å². The van der Waals surface area contributed by atoms with E-state index in [2.05, 4.69) is 0 Å². The minimum absolute atomic E-state index is 0.271. The van der Waals surface area contributed by atoms with Crippen molar-refractivity contribution in [1.82, 2.24) is 0 Å². The monoisotopic (exact) mass is 153 g/mol. The third-order valence-corrected chi connectivity index (χ3v) is 1.73. The Kier molecular flexibility index (Phi) is 2.10. The Hall–Kier alpha value is -1.09. The van der Waals surface area contributed by atoms with E-state index in [4.69, 9.17) is 10.8 Å². The number of nitrogens with two attached hydrogens (primary N) is 1. The minimum Gasteiger partial charge on any atom is -0.398 e. The van der Waals surface area contributed by atoms with E-state index in [1.54, 1.807) is 6.08 Å². The van der Waals surface area contributed by atoms with Crippen LogP contribution in [0, 0.1) is 0 Å². The summed E-state index contributed by atoms with van der Waals surface area (Å²) in [7, 11) is 0. The molecular formula is C8H11NO2. The summed E-state index contributed by atoms with van der Waals surface area (Å²) in [5.74, 6) is -0.271. The summed E-state index contributed by atoms with van der Waals surface area (Å²) in [4.78, 5) is 11.1. The number of allylic oxidation sites excluding steroid dienone is 1. The molecule has 0 aliphatic heterocycles. The van der Waals surface area contributed by atoms with Gasteiger partial charge >= 0.3 is 0 Å². The summed E-state index contributed by atoms with van der Waals surface area (Å²) < 4.78 is 0. The standard InChI is InChI=1S/C8H11NO2/c1-2-5-6(9)3-4-7(10)8(5)11/h3-4,7,10H,2,9H2,1H3. The second-order valence-corrected chi connectivity index (χ2v) is 2.46. The topological polar surface area (TPSA) is 63.3 Å². The van der Waals surface area contributed by atoms with Gasteiger partial charge in [0.2, 0.25) is 0 Å². The van der Waals surface area contributed by atoms with Crippen LogP contribution in [0.25, 0.3) is 0 Å². The van der Waals surface area contributed by atoms with Crippen molar-refractivity contribution >= 4 is 5.78 Å². The number of carbonyl (C=O) groups is 1. The van der Waals surface area contributed by atoms with Crippen molar-refractivity contribution in [2.45, 2.75) is 19.4 Å². The fraction of sp³-hybridized carbons (Fsp3) is 0.375. The largest absolute Gasteiger partial charge is 0.398 e. The van der Waals surface area contributed by atoms with E-state index >= 15 is 0 Å². The van der Waals surface area contributed by atoms with Crippen molar-refractivity contribution in [3.8, 4) is 0 Å². The molecule has 1 aliphatic carbocycles. The molecule has 0 saturated carbocycles. The lowest BCUT2D eigenvalue weighted by Crippen LogP contribution is -2.25. The fourth-order valence-corrected chi connectivity index (χ4v) is 1.08. The highest BCUT2D eigenvalue weighted by atomic mass is 16.3. The summed E-state index contributed by atoms with van der Waals surface area (Å²) in [6.07, 6.45) is 2.56. The first kappa shape index (κ1) is 8.01. The number of Topliss-reactive ketones (excluding diaryl/α,β-unsaturated/α-hetero) is 1. The average molecular weight is 153 g/mol. The lowest BCUT2D eigenvalue weighted by molar-refractivity contribution is -0.121. The molecule has 0 radical (unpaired) electrons. The van der Waals surface area contributed by atoms with Crippen LogP contribution >= 0.6 is 0 Å². The zero-order valence-corrected chi connectivity index (χ0v) is 6.37. The van der Waals surface area contributed by atoms with E-state index in [1.807, 2.05) is 6.92 Å². The number of ketones is 1. The third kappa shape index (κ3) is 1.33. The zero-order chi connectivity index (χ0) is 8.43. The summed E-state index contributed by atoms with van der Waals surface area (Å²) in [5, 5.41) is 9.07. The molecule has 0 saturated heterocycles. The van der Waals surface area contributed by atoms with E-state index in [9.17, 15) is 4.79 Å². The second kappa shape index (κ2) is 2.88. The number of hydrogen-bond donors (Lipinski definition) is 2. The van der Waals surface area contributed by atoms with Crippen LogP contribution in [0.2, 0.25) is 0 Å². The van der Waals surface area contributed by atoms with Crippen LogP contribution in [0.4, 0.5) is 0 Å². The van der Waals surface area contributed by atoms with Gasteiger partial charge in [-0.15, -0.1) is 0 Å². The number of carbonyl (C=O) groups excluding carboxylic acids is 1. The van der Waals surface area contributed by atoms with Crippen molar-refractivity contribution in [2.75, 3.05) is 0 Å². The van der Waals surface area contributed by atoms with Crippen molar-refractivity contribution < 1.29 is 9.90 Å².